The normalized spacial score (nSPS) is 11.7. The smallest absolute Gasteiger partial charge is 0.316 e. The van der Waals surface area contributed by atoms with Crippen LogP contribution in [0.5, 0.6) is 5.75 Å². The van der Waals surface area contributed by atoms with E-state index in [1.54, 1.807) is 6.92 Å². The predicted octanol–water partition coefficient (Wildman–Crippen LogP) is 2.83. The number of carbonyl (C=O) groups excluding carboxylic acids is 2. The van der Waals surface area contributed by atoms with Gasteiger partial charge in [-0.3, -0.25) is 14.9 Å². The van der Waals surface area contributed by atoms with Crippen LogP contribution in [0, 0.1) is 13.8 Å². The fourth-order valence-electron chi connectivity index (χ4n) is 1.80. The first kappa shape index (κ1) is 19.2. The second kappa shape index (κ2) is 8.82. The van der Waals surface area contributed by atoms with Gasteiger partial charge < -0.3 is 9.47 Å². The van der Waals surface area contributed by atoms with Crippen molar-refractivity contribution in [2.45, 2.75) is 31.2 Å². The quantitative estimate of drug-likeness (QED) is 0.448. The van der Waals surface area contributed by atoms with E-state index in [0.29, 0.717) is 15.2 Å². The topological polar surface area (TPSA) is 90.4 Å². The molecule has 0 spiro atoms. The number of thioether (sulfide) groups is 1. The molecule has 9 heteroatoms. The van der Waals surface area contributed by atoms with Gasteiger partial charge in [-0.1, -0.05) is 35.2 Å². The van der Waals surface area contributed by atoms with Crippen LogP contribution >= 0.6 is 23.1 Å². The van der Waals surface area contributed by atoms with E-state index >= 15 is 0 Å². The third-order valence-electron chi connectivity index (χ3n) is 3.41. The Morgan fingerprint density at radius 2 is 2.08 bits per heavy atom. The van der Waals surface area contributed by atoms with Crippen LogP contribution in [0.1, 0.15) is 18.1 Å². The molecule has 134 valence electrons. The molecule has 2 rings (SSSR count). The van der Waals surface area contributed by atoms with Crippen LogP contribution in [-0.4, -0.2) is 41.0 Å². The number of methoxy groups -OCH3 is 1. The summed E-state index contributed by atoms with van der Waals surface area (Å²) in [5.41, 5.74) is 2.10. The van der Waals surface area contributed by atoms with Gasteiger partial charge in [0.2, 0.25) is 5.13 Å². The van der Waals surface area contributed by atoms with Crippen molar-refractivity contribution < 1.29 is 19.1 Å². The van der Waals surface area contributed by atoms with Crippen molar-refractivity contribution in [1.82, 2.24) is 10.2 Å². The highest BCUT2D eigenvalue weighted by molar-refractivity contribution is 8.01. The Labute approximate surface area is 154 Å². The molecule has 1 atom stereocenters. The number of amides is 1. The number of esters is 1. The summed E-state index contributed by atoms with van der Waals surface area (Å²) in [5, 5.41) is 10.8. The molecular formula is C16H19N3O4S2. The molecule has 0 bridgehead atoms. The van der Waals surface area contributed by atoms with Crippen LogP contribution in [0.2, 0.25) is 0 Å². The predicted molar refractivity (Wildman–Crippen MR) is 97.3 cm³/mol. The van der Waals surface area contributed by atoms with Gasteiger partial charge in [0, 0.05) is 0 Å². The minimum atomic E-state index is -0.685. The van der Waals surface area contributed by atoms with Gasteiger partial charge in [0.1, 0.15) is 5.75 Å². The molecule has 1 amide bonds. The lowest BCUT2D eigenvalue weighted by Gasteiger charge is -2.16. The van der Waals surface area contributed by atoms with Gasteiger partial charge >= 0.3 is 5.97 Å². The molecule has 0 fully saturated rings. The first-order chi connectivity index (χ1) is 11.9. The Kier molecular flexibility index (Phi) is 6.77. The lowest BCUT2D eigenvalue weighted by Crippen LogP contribution is -2.30. The highest BCUT2D eigenvalue weighted by atomic mass is 32.2. The van der Waals surface area contributed by atoms with Crippen molar-refractivity contribution >= 4 is 40.1 Å². The van der Waals surface area contributed by atoms with E-state index < -0.39 is 6.10 Å². The average molecular weight is 381 g/mol. The number of aromatic nitrogens is 2. The van der Waals surface area contributed by atoms with Crippen LogP contribution in [0.15, 0.2) is 22.5 Å². The number of aryl methyl sites for hydroxylation is 1. The molecule has 1 N–H and O–H groups in total. The van der Waals surface area contributed by atoms with Gasteiger partial charge in [-0.05, 0) is 38.0 Å². The number of nitrogens with zero attached hydrogens (tertiary/aromatic N) is 2. The summed E-state index contributed by atoms with van der Waals surface area (Å²) in [6.07, 6.45) is -0.685. The summed E-state index contributed by atoms with van der Waals surface area (Å²) < 4.78 is 10.9. The van der Waals surface area contributed by atoms with Gasteiger partial charge in [-0.15, -0.1) is 10.2 Å². The second-order valence-electron chi connectivity index (χ2n) is 5.19. The summed E-state index contributed by atoms with van der Waals surface area (Å²) in [4.78, 5) is 23.4. The van der Waals surface area contributed by atoms with Crippen LogP contribution < -0.4 is 10.1 Å². The van der Waals surface area contributed by atoms with E-state index in [4.69, 9.17) is 4.74 Å². The maximum atomic E-state index is 12.3. The Bertz CT molecular complexity index is 764. The van der Waals surface area contributed by atoms with Crippen LogP contribution in [0.4, 0.5) is 5.13 Å². The zero-order valence-corrected chi connectivity index (χ0v) is 16.0. The van der Waals surface area contributed by atoms with Gasteiger partial charge in [-0.2, -0.15) is 0 Å². The van der Waals surface area contributed by atoms with Gasteiger partial charge in [-0.25, -0.2) is 0 Å². The zero-order chi connectivity index (χ0) is 18.4. The molecule has 0 aliphatic heterocycles. The SMILES string of the molecule is COC(=O)CSc1nnc(NC(=O)C(C)Oc2cccc(C)c2C)s1. The van der Waals surface area contributed by atoms with E-state index in [1.165, 1.54) is 30.2 Å². The van der Waals surface area contributed by atoms with E-state index in [2.05, 4.69) is 20.3 Å². The number of nitrogens with one attached hydrogen (secondary N) is 1. The number of rotatable bonds is 7. The molecule has 1 heterocycles. The first-order valence-electron chi connectivity index (χ1n) is 7.47. The molecule has 0 saturated heterocycles. The van der Waals surface area contributed by atoms with E-state index in [9.17, 15) is 9.59 Å². The Balaban J connectivity index is 1.92. The molecule has 2 aromatic rings. The van der Waals surface area contributed by atoms with Gasteiger partial charge in [0.05, 0.1) is 12.9 Å². The Morgan fingerprint density at radius 1 is 1.32 bits per heavy atom. The van der Waals surface area contributed by atoms with Crippen molar-refractivity contribution in [2.24, 2.45) is 0 Å². The lowest BCUT2D eigenvalue weighted by molar-refractivity contribution is -0.137. The van der Waals surface area contributed by atoms with Crippen LogP contribution in [-0.2, 0) is 14.3 Å². The molecule has 1 aromatic carbocycles. The summed E-state index contributed by atoms with van der Waals surface area (Å²) in [7, 11) is 1.33. The number of hydrogen-bond acceptors (Lipinski definition) is 8. The fourth-order valence-corrected chi connectivity index (χ4v) is 3.39. The Morgan fingerprint density at radius 3 is 2.80 bits per heavy atom. The standard InChI is InChI=1S/C16H19N3O4S2/c1-9-6-5-7-12(10(9)2)23-11(3)14(21)17-15-18-19-16(25-15)24-8-13(20)22-4/h5-7,11H,8H2,1-4H3,(H,17,18,21). The second-order valence-corrected chi connectivity index (χ2v) is 7.39. The van der Waals surface area contributed by atoms with E-state index in [-0.39, 0.29) is 17.6 Å². The molecule has 1 unspecified atom stereocenters. The lowest BCUT2D eigenvalue weighted by atomic mass is 10.1. The monoisotopic (exact) mass is 381 g/mol. The van der Waals surface area contributed by atoms with Crippen molar-refractivity contribution in [1.29, 1.82) is 0 Å². The molecule has 0 aliphatic rings. The highest BCUT2D eigenvalue weighted by Gasteiger charge is 2.18. The van der Waals surface area contributed by atoms with Gasteiger partial charge in [0.15, 0.2) is 10.4 Å². The fraction of sp³-hybridized carbons (Fsp3) is 0.375. The number of anilines is 1. The molecule has 7 nitrogen and oxygen atoms in total. The third-order valence-corrected chi connectivity index (χ3v) is 5.35. The average Bonchev–Trinajstić information content (AvgIpc) is 3.04. The number of hydrogen-bond donors (Lipinski definition) is 1. The molecule has 0 radical (unpaired) electrons. The molecular weight excluding hydrogens is 362 g/mol. The number of ether oxygens (including phenoxy) is 2. The minimum absolute atomic E-state index is 0.144. The van der Waals surface area contributed by atoms with Crippen molar-refractivity contribution in [2.75, 3.05) is 18.2 Å². The maximum Gasteiger partial charge on any atom is 0.316 e. The highest BCUT2D eigenvalue weighted by Crippen LogP contribution is 2.26. The third kappa shape index (κ3) is 5.43. The summed E-state index contributed by atoms with van der Waals surface area (Å²) in [6, 6.07) is 5.71. The summed E-state index contributed by atoms with van der Waals surface area (Å²) >= 11 is 2.39. The zero-order valence-electron chi connectivity index (χ0n) is 14.4. The van der Waals surface area contributed by atoms with Gasteiger partial charge in [0.25, 0.3) is 5.91 Å². The van der Waals surface area contributed by atoms with E-state index in [1.807, 2.05) is 32.0 Å². The maximum absolute atomic E-state index is 12.3. The van der Waals surface area contributed by atoms with Crippen LogP contribution in [0.25, 0.3) is 0 Å². The Hall–Kier alpha value is -2.13. The molecule has 0 aliphatic carbocycles. The minimum Gasteiger partial charge on any atom is -0.481 e. The molecule has 1 aromatic heterocycles. The summed E-state index contributed by atoms with van der Waals surface area (Å²) in [6.45, 7) is 5.61. The van der Waals surface area contributed by atoms with Crippen molar-refractivity contribution in [3.05, 3.63) is 29.3 Å². The largest absolute Gasteiger partial charge is 0.481 e. The van der Waals surface area contributed by atoms with Crippen LogP contribution in [0.3, 0.4) is 0 Å². The molecule has 25 heavy (non-hydrogen) atoms. The molecule has 0 saturated carbocycles. The number of carbonyl (C=O) groups is 2. The van der Waals surface area contributed by atoms with E-state index in [0.717, 1.165) is 11.1 Å². The van der Waals surface area contributed by atoms with Crippen molar-refractivity contribution in [3.8, 4) is 5.75 Å². The summed E-state index contributed by atoms with van der Waals surface area (Å²) in [5.74, 6) is 0.155. The first-order valence-corrected chi connectivity index (χ1v) is 9.27. The number of benzene rings is 1. The van der Waals surface area contributed by atoms with Crippen molar-refractivity contribution in [3.63, 3.8) is 0 Å².